The van der Waals surface area contributed by atoms with E-state index < -0.39 is 40.2 Å². The number of hydrogen-bond donors (Lipinski definition) is 1. The molecule has 0 saturated heterocycles. The van der Waals surface area contributed by atoms with Crippen molar-refractivity contribution in [3.8, 4) is 0 Å². The largest absolute Gasteiger partial charge is 0.506 e. The Morgan fingerprint density at radius 1 is 1.24 bits per heavy atom. The molecule has 2 rings (SSSR count). The quantitative estimate of drug-likeness (QED) is 0.457. The molecule has 0 heterocycles. The Kier molecular flexibility index (Phi) is 5.84. The predicted octanol–water partition coefficient (Wildman–Crippen LogP) is 4.26. The number of halogens is 1. The van der Waals surface area contributed by atoms with Gasteiger partial charge in [0.15, 0.2) is 6.10 Å². The summed E-state index contributed by atoms with van der Waals surface area (Å²) in [5.74, 6) is -0.242. The van der Waals surface area contributed by atoms with E-state index >= 15 is 0 Å². The molecule has 0 amide bonds. The highest BCUT2D eigenvalue weighted by Gasteiger charge is 2.34. The smallest absolute Gasteiger partial charge is 0.450 e. The first kappa shape index (κ1) is 18.6. The van der Waals surface area contributed by atoms with Crippen LogP contribution in [0.25, 0.3) is 0 Å². The van der Waals surface area contributed by atoms with Crippen LogP contribution >= 0.6 is 0 Å². The number of nitrogens with zero attached hydrogens (tertiary/aromatic N) is 2. The van der Waals surface area contributed by atoms with Gasteiger partial charge in [0.25, 0.3) is 11.4 Å². The Labute approximate surface area is 141 Å². The second-order valence-corrected chi connectivity index (χ2v) is 5.84. The SMILES string of the molecule is O=C(O)OC(CF)c1c(C2CCCCC2)cc([N+](=O)[O-])cc1[N+](=O)[O-]. The van der Waals surface area contributed by atoms with Crippen molar-refractivity contribution in [1.29, 1.82) is 0 Å². The summed E-state index contributed by atoms with van der Waals surface area (Å²) in [6.45, 7) is -1.30. The van der Waals surface area contributed by atoms with Crippen LogP contribution < -0.4 is 0 Å². The van der Waals surface area contributed by atoms with E-state index in [2.05, 4.69) is 4.74 Å². The fraction of sp³-hybridized carbons (Fsp3) is 0.533. The minimum atomic E-state index is -1.77. The van der Waals surface area contributed by atoms with Gasteiger partial charge >= 0.3 is 6.16 Å². The summed E-state index contributed by atoms with van der Waals surface area (Å²) in [5.41, 5.74) is -1.18. The first-order valence-electron chi connectivity index (χ1n) is 7.77. The monoisotopic (exact) mass is 356 g/mol. The number of alkyl halides is 1. The maximum absolute atomic E-state index is 13.4. The highest BCUT2D eigenvalue weighted by molar-refractivity contribution is 5.60. The van der Waals surface area contributed by atoms with E-state index in [1.807, 2.05) is 0 Å². The molecule has 1 aliphatic rings. The third kappa shape index (κ3) is 4.20. The van der Waals surface area contributed by atoms with Crippen LogP contribution in [-0.4, -0.2) is 27.8 Å². The molecular weight excluding hydrogens is 339 g/mol. The summed E-state index contributed by atoms with van der Waals surface area (Å²) in [5, 5.41) is 31.3. The van der Waals surface area contributed by atoms with E-state index in [0.29, 0.717) is 12.8 Å². The van der Waals surface area contributed by atoms with E-state index in [-0.39, 0.29) is 17.0 Å². The van der Waals surface area contributed by atoms with Crippen molar-refractivity contribution in [2.24, 2.45) is 0 Å². The Bertz CT molecular complexity index is 689. The molecule has 1 fully saturated rings. The molecule has 1 atom stereocenters. The Morgan fingerprint density at radius 3 is 2.36 bits per heavy atom. The molecule has 0 bridgehead atoms. The lowest BCUT2D eigenvalue weighted by atomic mass is 9.80. The Balaban J connectivity index is 2.67. The van der Waals surface area contributed by atoms with Gasteiger partial charge in [0, 0.05) is 6.07 Å². The van der Waals surface area contributed by atoms with Crippen LogP contribution in [0.1, 0.15) is 55.3 Å². The van der Waals surface area contributed by atoms with Gasteiger partial charge in [0.1, 0.15) is 6.67 Å². The lowest BCUT2D eigenvalue weighted by Crippen LogP contribution is -2.18. The fourth-order valence-electron chi connectivity index (χ4n) is 3.29. The van der Waals surface area contributed by atoms with Crippen LogP contribution in [0.5, 0.6) is 0 Å². The van der Waals surface area contributed by atoms with Crippen LogP contribution in [0.4, 0.5) is 20.6 Å². The average molecular weight is 356 g/mol. The van der Waals surface area contributed by atoms with Gasteiger partial charge in [-0.3, -0.25) is 20.2 Å². The molecule has 0 aromatic heterocycles. The first-order valence-corrected chi connectivity index (χ1v) is 7.77. The highest BCUT2D eigenvalue weighted by atomic mass is 19.1. The molecule has 25 heavy (non-hydrogen) atoms. The molecule has 1 aromatic carbocycles. The number of nitro groups is 2. The molecule has 1 saturated carbocycles. The van der Waals surface area contributed by atoms with Gasteiger partial charge in [-0.25, -0.2) is 9.18 Å². The van der Waals surface area contributed by atoms with E-state index in [1.54, 1.807) is 0 Å². The summed E-state index contributed by atoms with van der Waals surface area (Å²) >= 11 is 0. The van der Waals surface area contributed by atoms with Crippen LogP contribution in [-0.2, 0) is 4.74 Å². The van der Waals surface area contributed by atoms with Gasteiger partial charge < -0.3 is 9.84 Å². The van der Waals surface area contributed by atoms with Crippen molar-refractivity contribution in [2.45, 2.75) is 44.1 Å². The molecule has 0 spiro atoms. The fourth-order valence-corrected chi connectivity index (χ4v) is 3.29. The molecule has 1 aliphatic carbocycles. The molecule has 10 heteroatoms. The number of rotatable bonds is 6. The number of nitro benzene ring substituents is 2. The molecule has 0 radical (unpaired) electrons. The molecule has 1 unspecified atom stereocenters. The minimum Gasteiger partial charge on any atom is -0.450 e. The zero-order valence-corrected chi connectivity index (χ0v) is 13.2. The number of benzene rings is 1. The highest BCUT2D eigenvalue weighted by Crippen LogP contribution is 2.43. The standard InChI is InChI=1S/C15H17FN2O7/c16-8-13(25-15(19)20)14-11(9-4-2-1-3-5-9)6-10(17(21)22)7-12(14)18(23)24/h6-7,9,13H,1-5,8H2,(H,19,20). The van der Waals surface area contributed by atoms with Crippen LogP contribution in [0.2, 0.25) is 0 Å². The second kappa shape index (κ2) is 7.86. The van der Waals surface area contributed by atoms with E-state index in [0.717, 1.165) is 25.3 Å². The van der Waals surface area contributed by atoms with E-state index in [4.69, 9.17) is 5.11 Å². The van der Waals surface area contributed by atoms with Crippen molar-refractivity contribution in [2.75, 3.05) is 6.67 Å². The van der Waals surface area contributed by atoms with Crippen molar-refractivity contribution in [3.63, 3.8) is 0 Å². The average Bonchev–Trinajstić information content (AvgIpc) is 2.59. The van der Waals surface area contributed by atoms with Gasteiger partial charge in [-0.2, -0.15) is 0 Å². The molecule has 136 valence electrons. The summed E-state index contributed by atoms with van der Waals surface area (Å²) in [6, 6.07) is 1.89. The lowest BCUT2D eigenvalue weighted by Gasteiger charge is -2.26. The molecule has 1 N–H and O–H groups in total. The van der Waals surface area contributed by atoms with Crippen LogP contribution in [0, 0.1) is 20.2 Å². The van der Waals surface area contributed by atoms with Crippen LogP contribution in [0.3, 0.4) is 0 Å². The normalized spacial score (nSPS) is 16.2. The molecule has 0 aliphatic heterocycles. The molecule has 1 aromatic rings. The van der Waals surface area contributed by atoms with Gasteiger partial charge in [0.05, 0.1) is 21.5 Å². The second-order valence-electron chi connectivity index (χ2n) is 5.84. The number of ether oxygens (including phenoxy) is 1. The van der Waals surface area contributed by atoms with E-state index in [9.17, 15) is 29.4 Å². The summed E-state index contributed by atoms with van der Waals surface area (Å²) in [4.78, 5) is 31.7. The number of carbonyl (C=O) groups is 1. The molecule has 9 nitrogen and oxygen atoms in total. The van der Waals surface area contributed by atoms with Crippen molar-refractivity contribution in [1.82, 2.24) is 0 Å². The third-order valence-corrected chi connectivity index (χ3v) is 4.33. The van der Waals surface area contributed by atoms with E-state index in [1.165, 1.54) is 6.07 Å². The van der Waals surface area contributed by atoms with Gasteiger partial charge in [0.2, 0.25) is 0 Å². The summed E-state index contributed by atoms with van der Waals surface area (Å²) < 4.78 is 17.9. The zero-order valence-electron chi connectivity index (χ0n) is 13.2. The van der Waals surface area contributed by atoms with Gasteiger partial charge in [-0.05, 0) is 24.3 Å². The summed E-state index contributed by atoms with van der Waals surface area (Å²) in [6.07, 6.45) is 0.442. The van der Waals surface area contributed by atoms with Gasteiger partial charge in [-0.15, -0.1) is 0 Å². The van der Waals surface area contributed by atoms with Crippen molar-refractivity contribution in [3.05, 3.63) is 43.5 Å². The number of hydrogen-bond acceptors (Lipinski definition) is 6. The van der Waals surface area contributed by atoms with Crippen molar-refractivity contribution >= 4 is 17.5 Å². The Morgan fingerprint density at radius 2 is 1.88 bits per heavy atom. The maximum Gasteiger partial charge on any atom is 0.506 e. The first-order chi connectivity index (χ1) is 11.8. The Hall–Kier alpha value is -2.78. The summed E-state index contributed by atoms with van der Waals surface area (Å²) in [7, 11) is 0. The minimum absolute atomic E-state index is 0.226. The maximum atomic E-state index is 13.4. The van der Waals surface area contributed by atoms with Gasteiger partial charge in [-0.1, -0.05) is 19.3 Å². The topological polar surface area (TPSA) is 133 Å². The van der Waals surface area contributed by atoms with Crippen molar-refractivity contribution < 1.29 is 28.9 Å². The number of carboxylic acid groups (broad SMARTS) is 1. The lowest BCUT2D eigenvalue weighted by molar-refractivity contribution is -0.395. The number of non-ortho nitro benzene ring substituents is 1. The van der Waals surface area contributed by atoms with Crippen LogP contribution in [0.15, 0.2) is 12.1 Å². The predicted molar refractivity (Wildman–Crippen MR) is 83.4 cm³/mol. The molecular formula is C15H17FN2O7. The third-order valence-electron chi connectivity index (χ3n) is 4.33. The zero-order chi connectivity index (χ0) is 18.6.